The second kappa shape index (κ2) is 8.07. The van der Waals surface area contributed by atoms with Crippen molar-refractivity contribution in [1.29, 1.82) is 0 Å². The molecule has 0 saturated carbocycles. The number of nitrogens with one attached hydrogen (secondary N) is 2. The molecule has 4 aromatic heterocycles. The van der Waals surface area contributed by atoms with E-state index in [9.17, 15) is 0 Å². The molecule has 0 aliphatic rings. The number of hydrogen-bond acceptors (Lipinski definition) is 7. The fourth-order valence-electron chi connectivity index (χ4n) is 3.38. The first kappa shape index (κ1) is 18.6. The Balaban J connectivity index is 1.61. The maximum Gasteiger partial charge on any atom is 0.180 e. The van der Waals surface area contributed by atoms with Crippen molar-refractivity contribution in [2.45, 2.75) is 25.7 Å². The van der Waals surface area contributed by atoms with Crippen molar-refractivity contribution in [2.24, 2.45) is 7.05 Å². The zero-order chi connectivity index (χ0) is 19.5. The molecule has 146 valence electrons. The Morgan fingerprint density at radius 3 is 2.89 bits per heavy atom. The van der Waals surface area contributed by atoms with E-state index in [1.165, 1.54) is 11.5 Å². The molecule has 0 bridgehead atoms. The Kier molecular flexibility index (Phi) is 5.36. The van der Waals surface area contributed by atoms with Crippen molar-refractivity contribution in [3.63, 3.8) is 0 Å². The van der Waals surface area contributed by atoms with E-state index in [0.29, 0.717) is 11.7 Å². The molecule has 0 spiro atoms. The molecule has 0 saturated heterocycles. The Morgan fingerprint density at radius 2 is 2.14 bits per heavy atom. The molecule has 0 aromatic carbocycles. The number of nitrogens with zero attached hydrogens (tertiary/aromatic N) is 6. The van der Waals surface area contributed by atoms with E-state index >= 15 is 0 Å². The van der Waals surface area contributed by atoms with Crippen LogP contribution in [0.3, 0.4) is 0 Å². The van der Waals surface area contributed by atoms with Gasteiger partial charge in [0.1, 0.15) is 5.00 Å². The lowest BCUT2D eigenvalue weighted by atomic mass is 10.00. The molecule has 1 unspecified atom stereocenters. The normalized spacial score (nSPS) is 12.5. The maximum atomic E-state index is 4.66. The molecule has 4 rings (SSSR count). The monoisotopic (exact) mass is 396 g/mol. The quantitative estimate of drug-likeness (QED) is 0.475. The molecule has 9 heteroatoms. The molecule has 4 aromatic rings. The minimum Gasteiger partial charge on any atom is -0.328 e. The summed E-state index contributed by atoms with van der Waals surface area (Å²) in [7, 11) is 3.89. The number of hydrogen-bond donors (Lipinski definition) is 2. The molecule has 2 N–H and O–H groups in total. The van der Waals surface area contributed by atoms with Crippen LogP contribution in [0.1, 0.15) is 31.4 Å². The highest BCUT2D eigenvalue weighted by Crippen LogP contribution is 2.29. The molecular formula is C19H24N8S. The van der Waals surface area contributed by atoms with Gasteiger partial charge < -0.3 is 10.6 Å². The van der Waals surface area contributed by atoms with Crippen LogP contribution in [0.15, 0.2) is 37.1 Å². The third-order valence-corrected chi connectivity index (χ3v) is 5.42. The van der Waals surface area contributed by atoms with Crippen molar-refractivity contribution in [3.8, 4) is 11.3 Å². The van der Waals surface area contributed by atoms with Gasteiger partial charge >= 0.3 is 0 Å². The highest BCUT2D eigenvalue weighted by atomic mass is 32.1. The van der Waals surface area contributed by atoms with Crippen LogP contribution in [-0.2, 0) is 7.05 Å². The molecule has 0 fully saturated rings. The maximum absolute atomic E-state index is 4.66. The number of imidazole rings is 1. The lowest BCUT2D eigenvalue weighted by Crippen LogP contribution is -2.17. The Morgan fingerprint density at radius 1 is 1.25 bits per heavy atom. The van der Waals surface area contributed by atoms with E-state index in [4.69, 9.17) is 0 Å². The summed E-state index contributed by atoms with van der Waals surface area (Å²) in [6.45, 7) is 3.14. The second-order valence-corrected chi connectivity index (χ2v) is 7.60. The Labute approximate surface area is 167 Å². The summed E-state index contributed by atoms with van der Waals surface area (Å²) in [5.41, 5.74) is 3.89. The van der Waals surface area contributed by atoms with Crippen LogP contribution in [-0.4, -0.2) is 42.1 Å². The van der Waals surface area contributed by atoms with Crippen molar-refractivity contribution < 1.29 is 0 Å². The number of aromatic nitrogens is 6. The number of fused-ring (bicyclic) bond motifs is 1. The van der Waals surface area contributed by atoms with E-state index in [1.807, 2.05) is 43.3 Å². The third-order valence-electron chi connectivity index (χ3n) is 4.70. The molecule has 4 heterocycles. The smallest absolute Gasteiger partial charge is 0.180 e. The zero-order valence-electron chi connectivity index (χ0n) is 16.3. The summed E-state index contributed by atoms with van der Waals surface area (Å²) < 4.78 is 8.47. The fraction of sp³-hybridized carbons (Fsp3) is 0.368. The SMILES string of the molecule is CCCC(CNC)c1cc(Nc2nccn3c(-c4cnn(C)c4)cnc23)sn1. The van der Waals surface area contributed by atoms with E-state index in [2.05, 4.69) is 43.1 Å². The van der Waals surface area contributed by atoms with Gasteiger partial charge in [0.15, 0.2) is 11.5 Å². The van der Waals surface area contributed by atoms with Crippen LogP contribution in [0.5, 0.6) is 0 Å². The van der Waals surface area contributed by atoms with Crippen LogP contribution in [0.4, 0.5) is 10.8 Å². The highest BCUT2D eigenvalue weighted by Gasteiger charge is 2.16. The first-order chi connectivity index (χ1) is 13.7. The van der Waals surface area contributed by atoms with Gasteiger partial charge in [-0.25, -0.2) is 9.97 Å². The topological polar surface area (TPSA) is 85.0 Å². The molecule has 1 atom stereocenters. The molecular weight excluding hydrogens is 372 g/mol. The minimum absolute atomic E-state index is 0.425. The lowest BCUT2D eigenvalue weighted by Gasteiger charge is -2.12. The van der Waals surface area contributed by atoms with E-state index < -0.39 is 0 Å². The van der Waals surface area contributed by atoms with Gasteiger partial charge in [0.05, 0.1) is 23.8 Å². The molecule has 28 heavy (non-hydrogen) atoms. The lowest BCUT2D eigenvalue weighted by molar-refractivity contribution is 0.568. The van der Waals surface area contributed by atoms with E-state index in [-0.39, 0.29) is 0 Å². The molecule has 0 aliphatic carbocycles. The first-order valence-corrected chi connectivity index (χ1v) is 10.2. The average molecular weight is 397 g/mol. The summed E-state index contributed by atoms with van der Waals surface area (Å²) >= 11 is 1.46. The predicted molar refractivity (Wildman–Crippen MR) is 112 cm³/mol. The zero-order valence-corrected chi connectivity index (χ0v) is 17.1. The molecule has 0 amide bonds. The number of likely N-dealkylation sites (N-methyl/N-ethyl adjacent to an activating group) is 1. The summed E-state index contributed by atoms with van der Waals surface area (Å²) in [5.74, 6) is 1.14. The highest BCUT2D eigenvalue weighted by molar-refractivity contribution is 7.10. The predicted octanol–water partition coefficient (Wildman–Crippen LogP) is 3.43. The number of aryl methyl sites for hydroxylation is 1. The molecule has 8 nitrogen and oxygen atoms in total. The largest absolute Gasteiger partial charge is 0.328 e. The average Bonchev–Trinajstić information content (AvgIpc) is 3.41. The molecule has 0 aliphatic heterocycles. The van der Waals surface area contributed by atoms with Crippen LogP contribution >= 0.6 is 11.5 Å². The number of rotatable bonds is 8. The van der Waals surface area contributed by atoms with Crippen molar-refractivity contribution >= 4 is 28.0 Å². The van der Waals surface area contributed by atoms with Gasteiger partial charge in [0, 0.05) is 43.7 Å². The van der Waals surface area contributed by atoms with Gasteiger partial charge in [-0.05, 0) is 31.1 Å². The summed E-state index contributed by atoms with van der Waals surface area (Å²) in [6.07, 6.45) is 11.6. The third kappa shape index (κ3) is 3.63. The first-order valence-electron chi connectivity index (χ1n) is 9.39. The minimum atomic E-state index is 0.425. The van der Waals surface area contributed by atoms with Gasteiger partial charge in [-0.1, -0.05) is 13.3 Å². The van der Waals surface area contributed by atoms with Gasteiger partial charge in [-0.2, -0.15) is 9.47 Å². The Hall–Kier alpha value is -2.78. The standard InChI is InChI=1S/C19H24N8S/c1-4-5-13(9-20-2)15-8-17(28-25-15)24-18-19-22-11-16(27(19)7-6-21-18)14-10-23-26(3)12-14/h6-8,10-13,20H,4-5,9H2,1-3H3,(H,21,24). The van der Waals surface area contributed by atoms with E-state index in [0.717, 1.165) is 47.0 Å². The van der Waals surface area contributed by atoms with Gasteiger partial charge in [-0.15, -0.1) is 0 Å². The Bertz CT molecular complexity index is 1060. The summed E-state index contributed by atoms with van der Waals surface area (Å²) in [4.78, 5) is 9.07. The van der Waals surface area contributed by atoms with Crippen molar-refractivity contribution in [3.05, 3.63) is 42.7 Å². The van der Waals surface area contributed by atoms with Crippen LogP contribution in [0.2, 0.25) is 0 Å². The van der Waals surface area contributed by atoms with E-state index in [1.54, 1.807) is 10.9 Å². The summed E-state index contributed by atoms with van der Waals surface area (Å²) in [5, 5.41) is 11.9. The van der Waals surface area contributed by atoms with Gasteiger partial charge in [0.2, 0.25) is 0 Å². The fourth-order valence-corrected chi connectivity index (χ4v) is 4.10. The van der Waals surface area contributed by atoms with Crippen LogP contribution in [0.25, 0.3) is 16.9 Å². The van der Waals surface area contributed by atoms with Crippen molar-refractivity contribution in [1.82, 2.24) is 33.8 Å². The molecule has 0 radical (unpaired) electrons. The number of anilines is 2. The van der Waals surface area contributed by atoms with Crippen molar-refractivity contribution in [2.75, 3.05) is 18.9 Å². The van der Waals surface area contributed by atoms with Gasteiger partial charge in [-0.3, -0.25) is 9.08 Å². The van der Waals surface area contributed by atoms with Gasteiger partial charge in [0.25, 0.3) is 0 Å². The van der Waals surface area contributed by atoms with Crippen LogP contribution < -0.4 is 10.6 Å². The summed E-state index contributed by atoms with van der Waals surface area (Å²) in [6, 6.07) is 2.12. The second-order valence-electron chi connectivity index (χ2n) is 6.80. The van der Waals surface area contributed by atoms with Crippen LogP contribution in [0, 0.1) is 0 Å².